The first-order valence-corrected chi connectivity index (χ1v) is 6.65. The summed E-state index contributed by atoms with van der Waals surface area (Å²) in [5, 5.41) is 8.36. The lowest BCUT2D eigenvalue weighted by Crippen LogP contribution is -2.29. The van der Waals surface area contributed by atoms with E-state index in [9.17, 15) is 0 Å². The Balaban J connectivity index is 1.67. The van der Waals surface area contributed by atoms with Gasteiger partial charge < -0.3 is 9.30 Å². The van der Waals surface area contributed by atoms with Crippen molar-refractivity contribution >= 4 is 11.6 Å². The van der Waals surface area contributed by atoms with Crippen molar-refractivity contribution in [3.63, 3.8) is 0 Å². The summed E-state index contributed by atoms with van der Waals surface area (Å²) in [6.45, 7) is 4.29. The fourth-order valence-electron chi connectivity index (χ4n) is 2.20. The van der Waals surface area contributed by atoms with Crippen LogP contribution in [0.15, 0.2) is 30.9 Å². The zero-order valence-corrected chi connectivity index (χ0v) is 11.3. The van der Waals surface area contributed by atoms with Gasteiger partial charge in [-0.1, -0.05) is 11.6 Å². The van der Waals surface area contributed by atoms with Gasteiger partial charge in [0.1, 0.15) is 25.0 Å². The highest BCUT2D eigenvalue weighted by molar-refractivity contribution is 6.30. The molecule has 100 valence electrons. The third-order valence-corrected chi connectivity index (χ3v) is 3.46. The molecule has 0 spiro atoms. The smallest absolute Gasteiger partial charge is 0.123 e. The quantitative estimate of drug-likeness (QED) is 0.859. The van der Waals surface area contributed by atoms with Crippen LogP contribution in [0.1, 0.15) is 5.56 Å². The number of hydrogen-bond acceptors (Lipinski definition) is 4. The maximum Gasteiger partial charge on any atom is 0.123 e. The lowest BCUT2D eigenvalue weighted by atomic mass is 10.2. The SMILES string of the molecule is Clc1ccc2c(c1)CN(CCn1cnnc1)CCO2. The molecule has 0 N–H and O–H groups in total. The molecule has 2 aromatic rings. The summed E-state index contributed by atoms with van der Waals surface area (Å²) >= 11 is 6.04. The summed E-state index contributed by atoms with van der Waals surface area (Å²) in [4.78, 5) is 2.35. The van der Waals surface area contributed by atoms with E-state index in [4.69, 9.17) is 16.3 Å². The Hall–Kier alpha value is -1.59. The second-order valence-electron chi connectivity index (χ2n) is 4.58. The topological polar surface area (TPSA) is 43.2 Å². The van der Waals surface area contributed by atoms with E-state index in [0.717, 1.165) is 42.5 Å². The van der Waals surface area contributed by atoms with Crippen LogP contribution >= 0.6 is 11.6 Å². The minimum absolute atomic E-state index is 0.705. The number of ether oxygens (including phenoxy) is 1. The van der Waals surface area contributed by atoms with Crippen LogP contribution in [0.2, 0.25) is 5.02 Å². The van der Waals surface area contributed by atoms with Gasteiger partial charge in [0.05, 0.1) is 0 Å². The molecule has 0 saturated heterocycles. The van der Waals surface area contributed by atoms with Crippen molar-refractivity contribution in [2.75, 3.05) is 19.7 Å². The van der Waals surface area contributed by atoms with Gasteiger partial charge in [-0.3, -0.25) is 4.90 Å². The molecule has 5 nitrogen and oxygen atoms in total. The molecule has 19 heavy (non-hydrogen) atoms. The third-order valence-electron chi connectivity index (χ3n) is 3.22. The molecule has 0 radical (unpaired) electrons. The molecule has 1 aromatic carbocycles. The van der Waals surface area contributed by atoms with Crippen LogP contribution in [-0.2, 0) is 13.1 Å². The molecule has 1 aliphatic rings. The van der Waals surface area contributed by atoms with Gasteiger partial charge in [0, 0.05) is 36.8 Å². The summed E-state index contributed by atoms with van der Waals surface area (Å²) in [7, 11) is 0. The summed E-state index contributed by atoms with van der Waals surface area (Å²) in [5.74, 6) is 0.941. The highest BCUT2D eigenvalue weighted by atomic mass is 35.5. The van der Waals surface area contributed by atoms with Crippen LogP contribution in [0.25, 0.3) is 0 Å². The number of rotatable bonds is 3. The number of hydrogen-bond donors (Lipinski definition) is 0. The Morgan fingerprint density at radius 2 is 2.05 bits per heavy atom. The summed E-state index contributed by atoms with van der Waals surface area (Å²) in [6, 6.07) is 5.79. The summed E-state index contributed by atoms with van der Waals surface area (Å²) < 4.78 is 7.72. The highest BCUT2D eigenvalue weighted by Gasteiger charge is 2.15. The van der Waals surface area contributed by atoms with E-state index >= 15 is 0 Å². The largest absolute Gasteiger partial charge is 0.492 e. The van der Waals surface area contributed by atoms with Gasteiger partial charge in [0.2, 0.25) is 0 Å². The Bertz CT molecular complexity index is 544. The molecule has 1 aromatic heterocycles. The van der Waals surface area contributed by atoms with Crippen molar-refractivity contribution in [1.82, 2.24) is 19.7 Å². The van der Waals surface area contributed by atoms with Crippen molar-refractivity contribution in [2.45, 2.75) is 13.1 Å². The zero-order chi connectivity index (χ0) is 13.1. The monoisotopic (exact) mass is 278 g/mol. The molecule has 3 rings (SSSR count). The van der Waals surface area contributed by atoms with Gasteiger partial charge >= 0.3 is 0 Å². The van der Waals surface area contributed by atoms with Crippen molar-refractivity contribution in [3.8, 4) is 5.75 Å². The van der Waals surface area contributed by atoms with E-state index in [1.54, 1.807) is 12.7 Å². The normalized spacial score (nSPS) is 15.6. The van der Waals surface area contributed by atoms with Crippen molar-refractivity contribution in [3.05, 3.63) is 41.4 Å². The molecule has 0 saturated carbocycles. The van der Waals surface area contributed by atoms with Gasteiger partial charge in [0.15, 0.2) is 0 Å². The average molecular weight is 279 g/mol. The molecule has 0 amide bonds. The first-order valence-electron chi connectivity index (χ1n) is 6.27. The second-order valence-corrected chi connectivity index (χ2v) is 5.01. The molecule has 0 bridgehead atoms. The van der Waals surface area contributed by atoms with Crippen molar-refractivity contribution in [2.24, 2.45) is 0 Å². The van der Waals surface area contributed by atoms with Gasteiger partial charge in [-0.2, -0.15) is 0 Å². The molecule has 0 unspecified atom stereocenters. The zero-order valence-electron chi connectivity index (χ0n) is 10.5. The van der Waals surface area contributed by atoms with Gasteiger partial charge in [-0.25, -0.2) is 0 Å². The van der Waals surface area contributed by atoms with E-state index in [2.05, 4.69) is 15.1 Å². The number of aromatic nitrogens is 3. The second kappa shape index (κ2) is 5.59. The van der Waals surface area contributed by atoms with E-state index in [1.165, 1.54) is 0 Å². The van der Waals surface area contributed by atoms with Gasteiger partial charge in [-0.15, -0.1) is 10.2 Å². The fraction of sp³-hybridized carbons (Fsp3) is 0.385. The maximum atomic E-state index is 6.04. The Labute approximate surface area is 116 Å². The molecule has 1 aliphatic heterocycles. The average Bonchev–Trinajstić information content (AvgIpc) is 2.83. The van der Waals surface area contributed by atoms with Crippen LogP contribution in [0.4, 0.5) is 0 Å². The molecule has 0 atom stereocenters. The Morgan fingerprint density at radius 1 is 1.21 bits per heavy atom. The minimum Gasteiger partial charge on any atom is -0.492 e. The van der Waals surface area contributed by atoms with Crippen LogP contribution in [0.5, 0.6) is 5.75 Å². The van der Waals surface area contributed by atoms with E-state index in [-0.39, 0.29) is 0 Å². The summed E-state index contributed by atoms with van der Waals surface area (Å²) in [5.41, 5.74) is 1.15. The number of fused-ring (bicyclic) bond motifs is 1. The van der Waals surface area contributed by atoms with E-state index in [1.807, 2.05) is 22.8 Å². The molecule has 2 heterocycles. The van der Waals surface area contributed by atoms with Crippen LogP contribution < -0.4 is 4.74 Å². The number of nitrogens with zero attached hydrogens (tertiary/aromatic N) is 4. The Kier molecular flexibility index (Phi) is 3.66. The molecule has 6 heteroatoms. The van der Waals surface area contributed by atoms with Crippen LogP contribution in [-0.4, -0.2) is 39.4 Å². The number of halogens is 1. The predicted octanol–water partition coefficient (Wildman–Crippen LogP) is 1.83. The molecule has 0 fully saturated rings. The molecular formula is C13H15ClN4O. The fourth-order valence-corrected chi connectivity index (χ4v) is 2.40. The molecule has 0 aliphatic carbocycles. The lowest BCUT2D eigenvalue weighted by Gasteiger charge is -2.19. The first kappa shape index (κ1) is 12.4. The highest BCUT2D eigenvalue weighted by Crippen LogP contribution is 2.26. The third kappa shape index (κ3) is 3.05. The van der Waals surface area contributed by atoms with Crippen LogP contribution in [0, 0.1) is 0 Å². The van der Waals surface area contributed by atoms with Gasteiger partial charge in [-0.05, 0) is 18.2 Å². The van der Waals surface area contributed by atoms with Gasteiger partial charge in [0.25, 0.3) is 0 Å². The maximum absolute atomic E-state index is 6.04. The number of benzene rings is 1. The van der Waals surface area contributed by atoms with Crippen LogP contribution in [0.3, 0.4) is 0 Å². The minimum atomic E-state index is 0.705. The predicted molar refractivity (Wildman–Crippen MR) is 72.2 cm³/mol. The summed E-state index contributed by atoms with van der Waals surface area (Å²) in [6.07, 6.45) is 3.47. The van der Waals surface area contributed by atoms with Crippen molar-refractivity contribution < 1.29 is 4.74 Å². The van der Waals surface area contributed by atoms with E-state index < -0.39 is 0 Å². The van der Waals surface area contributed by atoms with Crippen molar-refractivity contribution in [1.29, 1.82) is 0 Å². The van der Waals surface area contributed by atoms with E-state index in [0.29, 0.717) is 6.61 Å². The Morgan fingerprint density at radius 3 is 2.89 bits per heavy atom. The lowest BCUT2D eigenvalue weighted by molar-refractivity contribution is 0.219. The molecular weight excluding hydrogens is 264 g/mol. The standard InChI is InChI=1S/C13H15ClN4O/c14-12-1-2-13-11(7-12)8-17(5-6-19-13)3-4-18-9-15-16-10-18/h1-2,7,9-10H,3-6,8H2. The first-order chi connectivity index (χ1) is 9.31.